The fraction of sp³-hybridized carbons (Fsp3) is 0.762. The van der Waals surface area contributed by atoms with Crippen molar-refractivity contribution in [3.63, 3.8) is 0 Å². The molecule has 0 aliphatic heterocycles. The summed E-state index contributed by atoms with van der Waals surface area (Å²) in [7, 11) is 0. The van der Waals surface area contributed by atoms with Gasteiger partial charge in [-0.2, -0.15) is 0 Å². The summed E-state index contributed by atoms with van der Waals surface area (Å²) < 4.78 is 0. The van der Waals surface area contributed by atoms with Gasteiger partial charge in [-0.05, 0) is 49.4 Å². The van der Waals surface area contributed by atoms with Gasteiger partial charge in [-0.15, -0.1) is 0 Å². The third-order valence-corrected chi connectivity index (χ3v) is 8.08. The largest absolute Gasteiger partial charge is 0.393 e. The number of hydrogen-bond donors (Lipinski definition) is 3. The summed E-state index contributed by atoms with van der Waals surface area (Å²) in [6.45, 7) is 3.77. The minimum absolute atomic E-state index is 0.105. The molecule has 25 heavy (non-hydrogen) atoms. The van der Waals surface area contributed by atoms with Crippen molar-refractivity contribution in [2.45, 2.75) is 58.2 Å². The third-order valence-electron chi connectivity index (χ3n) is 8.08. The van der Waals surface area contributed by atoms with Gasteiger partial charge >= 0.3 is 0 Å². The molecule has 4 rings (SSSR count). The Morgan fingerprint density at radius 3 is 2.76 bits per heavy atom. The first-order chi connectivity index (χ1) is 11.8. The van der Waals surface area contributed by atoms with Crippen molar-refractivity contribution in [2.24, 2.45) is 34.5 Å². The second-order valence-electron chi connectivity index (χ2n) is 9.17. The first kappa shape index (κ1) is 17.4. The number of aliphatic hydroxyl groups is 3. The van der Waals surface area contributed by atoms with E-state index < -0.39 is 30.1 Å². The highest BCUT2D eigenvalue weighted by molar-refractivity contribution is 5.84. The Morgan fingerprint density at radius 2 is 2.04 bits per heavy atom. The molecule has 4 aliphatic carbocycles. The van der Waals surface area contributed by atoms with E-state index in [0.29, 0.717) is 18.8 Å². The molecule has 0 unspecified atom stereocenters. The minimum Gasteiger partial charge on any atom is -0.393 e. The number of ketones is 1. The molecular weight excluding hydrogens is 316 g/mol. The molecule has 0 amide bonds. The topological polar surface area (TPSA) is 77.8 Å². The van der Waals surface area contributed by atoms with Crippen molar-refractivity contribution in [3.05, 3.63) is 23.8 Å². The van der Waals surface area contributed by atoms with Gasteiger partial charge in [0, 0.05) is 11.3 Å². The van der Waals surface area contributed by atoms with Crippen molar-refractivity contribution in [1.29, 1.82) is 0 Å². The van der Waals surface area contributed by atoms with E-state index in [4.69, 9.17) is 0 Å². The molecular formula is C21H30O4. The average Bonchev–Trinajstić information content (AvgIpc) is 2.83. The summed E-state index contributed by atoms with van der Waals surface area (Å²) in [6.07, 6.45) is 9.79. The van der Waals surface area contributed by atoms with Crippen LogP contribution in [0.15, 0.2) is 23.8 Å². The summed E-state index contributed by atoms with van der Waals surface area (Å²) in [6, 6.07) is 0. The predicted molar refractivity (Wildman–Crippen MR) is 94.6 cm³/mol. The van der Waals surface area contributed by atoms with Crippen molar-refractivity contribution < 1.29 is 20.1 Å². The lowest BCUT2D eigenvalue weighted by Gasteiger charge is -2.58. The number of hydrogen-bond acceptors (Lipinski definition) is 4. The van der Waals surface area contributed by atoms with Crippen molar-refractivity contribution in [1.82, 2.24) is 0 Å². The van der Waals surface area contributed by atoms with E-state index in [0.717, 1.165) is 19.3 Å². The number of carbonyl (C=O) groups excluding carboxylic acids is 1. The van der Waals surface area contributed by atoms with Crippen LogP contribution in [0.25, 0.3) is 0 Å². The summed E-state index contributed by atoms with van der Waals surface area (Å²) >= 11 is 0. The van der Waals surface area contributed by atoms with Crippen LogP contribution in [0.3, 0.4) is 0 Å². The maximum absolute atomic E-state index is 12.3. The highest BCUT2D eigenvalue weighted by Crippen LogP contribution is 2.66. The smallest absolute Gasteiger partial charge is 0.164 e. The van der Waals surface area contributed by atoms with Gasteiger partial charge in [0.2, 0.25) is 0 Å². The zero-order valence-electron chi connectivity index (χ0n) is 15.2. The molecule has 0 spiro atoms. The highest BCUT2D eigenvalue weighted by atomic mass is 16.3. The van der Waals surface area contributed by atoms with Crippen LogP contribution in [0.1, 0.15) is 46.0 Å². The fourth-order valence-electron chi connectivity index (χ4n) is 7.17. The molecule has 0 heterocycles. The predicted octanol–water partition coefficient (Wildman–Crippen LogP) is 2.23. The molecule has 0 saturated heterocycles. The van der Waals surface area contributed by atoms with E-state index in [9.17, 15) is 20.1 Å². The van der Waals surface area contributed by atoms with E-state index in [1.807, 2.05) is 0 Å². The standard InChI is InChI=1S/C21H30O4/c1-20-8-4-3-5-12(20)6-7-13-14-9-15(23)19(17(25)11-22)21(14,2)10-16(24)18(13)20/h4-5,8,13-16,18-19,22-24H,3,6-7,9-11H2,1-2H3/t13-,14-,15+,16-,18+,19+,20-,21-/m0/s1. The van der Waals surface area contributed by atoms with Crippen LogP contribution in [0, 0.1) is 34.5 Å². The molecule has 0 bridgehead atoms. The monoisotopic (exact) mass is 346 g/mol. The van der Waals surface area contributed by atoms with Gasteiger partial charge in [0.15, 0.2) is 5.78 Å². The van der Waals surface area contributed by atoms with Gasteiger partial charge in [-0.3, -0.25) is 4.79 Å². The molecule has 3 fully saturated rings. The number of Topliss-reactive ketones (excluding diaryl/α,β-unsaturated/α-hetero) is 1. The van der Waals surface area contributed by atoms with E-state index in [-0.39, 0.29) is 23.0 Å². The van der Waals surface area contributed by atoms with E-state index in [1.165, 1.54) is 5.57 Å². The van der Waals surface area contributed by atoms with E-state index >= 15 is 0 Å². The van der Waals surface area contributed by atoms with Gasteiger partial charge in [-0.1, -0.05) is 37.6 Å². The van der Waals surface area contributed by atoms with E-state index in [1.54, 1.807) is 0 Å². The second-order valence-corrected chi connectivity index (χ2v) is 9.17. The SMILES string of the molecule is C[C@]12C[C@H](O)[C@H]3[C@@H](CCC4=CCC=C[C@@]43C)[C@@H]1C[C@@H](O)[C@@H]2C(=O)CO. The van der Waals surface area contributed by atoms with Crippen molar-refractivity contribution >= 4 is 5.78 Å². The lowest BCUT2D eigenvalue weighted by atomic mass is 9.47. The molecule has 4 heteroatoms. The fourth-order valence-corrected chi connectivity index (χ4v) is 7.17. The zero-order chi connectivity index (χ0) is 18.0. The Kier molecular flexibility index (Phi) is 4.02. The number of rotatable bonds is 2. The number of fused-ring (bicyclic) bond motifs is 5. The highest BCUT2D eigenvalue weighted by Gasteiger charge is 2.64. The molecule has 3 N–H and O–H groups in total. The lowest BCUT2D eigenvalue weighted by Crippen LogP contribution is -2.56. The average molecular weight is 346 g/mol. The van der Waals surface area contributed by atoms with Gasteiger partial charge in [-0.25, -0.2) is 0 Å². The van der Waals surface area contributed by atoms with Crippen LogP contribution in [0.5, 0.6) is 0 Å². The van der Waals surface area contributed by atoms with Gasteiger partial charge in [0.25, 0.3) is 0 Å². The summed E-state index contributed by atoms with van der Waals surface area (Å²) in [5, 5.41) is 31.2. The van der Waals surface area contributed by atoms with Crippen LogP contribution in [0.2, 0.25) is 0 Å². The molecule has 0 radical (unpaired) electrons. The molecule has 138 valence electrons. The van der Waals surface area contributed by atoms with Crippen LogP contribution in [0.4, 0.5) is 0 Å². The maximum atomic E-state index is 12.3. The number of allylic oxidation sites excluding steroid dienone is 4. The quantitative estimate of drug-likeness (QED) is 0.670. The van der Waals surface area contributed by atoms with Crippen LogP contribution >= 0.6 is 0 Å². The molecule has 4 nitrogen and oxygen atoms in total. The van der Waals surface area contributed by atoms with Gasteiger partial charge < -0.3 is 15.3 Å². The normalized spacial score (nSPS) is 51.3. The first-order valence-corrected chi connectivity index (χ1v) is 9.70. The Hall–Kier alpha value is -0.970. The van der Waals surface area contributed by atoms with Gasteiger partial charge in [0.05, 0.1) is 18.1 Å². The summed E-state index contributed by atoms with van der Waals surface area (Å²) in [4.78, 5) is 12.3. The Morgan fingerprint density at radius 1 is 1.28 bits per heavy atom. The Balaban J connectivity index is 1.73. The summed E-state index contributed by atoms with van der Waals surface area (Å²) in [5.74, 6) is -0.139. The molecule has 4 aliphatic rings. The van der Waals surface area contributed by atoms with Crippen molar-refractivity contribution in [3.8, 4) is 0 Å². The van der Waals surface area contributed by atoms with E-state index in [2.05, 4.69) is 32.1 Å². The summed E-state index contributed by atoms with van der Waals surface area (Å²) in [5.41, 5.74) is 0.919. The van der Waals surface area contributed by atoms with Crippen LogP contribution in [-0.2, 0) is 4.79 Å². The first-order valence-electron chi connectivity index (χ1n) is 9.70. The molecule has 0 aromatic heterocycles. The second kappa shape index (κ2) is 5.77. The van der Waals surface area contributed by atoms with Crippen LogP contribution in [-0.4, -0.2) is 39.9 Å². The Bertz CT molecular complexity index is 638. The molecule has 8 atom stereocenters. The zero-order valence-corrected chi connectivity index (χ0v) is 15.2. The molecule has 3 saturated carbocycles. The number of carbonyl (C=O) groups is 1. The minimum atomic E-state index is -0.702. The number of aliphatic hydroxyl groups excluding tert-OH is 3. The van der Waals surface area contributed by atoms with Crippen LogP contribution < -0.4 is 0 Å². The third kappa shape index (κ3) is 2.27. The van der Waals surface area contributed by atoms with Crippen molar-refractivity contribution in [2.75, 3.05) is 6.61 Å². The Labute approximate surface area is 149 Å². The van der Waals surface area contributed by atoms with Gasteiger partial charge in [0.1, 0.15) is 6.61 Å². The lowest BCUT2D eigenvalue weighted by molar-refractivity contribution is -0.143. The molecule has 0 aromatic carbocycles. The molecule has 0 aromatic rings. The maximum Gasteiger partial charge on any atom is 0.164 e.